The Morgan fingerprint density at radius 2 is 1.93 bits per heavy atom. The Labute approximate surface area is 158 Å². The van der Waals surface area contributed by atoms with Gasteiger partial charge in [0.15, 0.2) is 0 Å². The number of anilines is 1. The first-order valence-corrected chi connectivity index (χ1v) is 8.74. The third kappa shape index (κ3) is 4.66. The highest BCUT2D eigenvalue weighted by Gasteiger charge is 2.24. The molecular formula is C19H23N7O. The topological polar surface area (TPSA) is 88.8 Å². The fourth-order valence-electron chi connectivity index (χ4n) is 2.76. The van der Waals surface area contributed by atoms with Crippen molar-refractivity contribution in [3.8, 4) is 0 Å². The summed E-state index contributed by atoms with van der Waals surface area (Å²) in [7, 11) is 3.86. The minimum absolute atomic E-state index is 0.147. The number of carbonyl (C=O) groups excluding carboxylic acids is 1. The molecule has 2 heterocycles. The lowest BCUT2D eigenvalue weighted by Crippen LogP contribution is -2.35. The first-order valence-electron chi connectivity index (χ1n) is 8.74. The highest BCUT2D eigenvalue weighted by molar-refractivity contribution is 5.80. The Kier molecular flexibility index (Phi) is 5.75. The van der Waals surface area contributed by atoms with E-state index in [9.17, 15) is 4.79 Å². The van der Waals surface area contributed by atoms with Gasteiger partial charge >= 0.3 is 0 Å². The zero-order chi connectivity index (χ0) is 19.2. The number of carbonyl (C=O) groups is 1. The van der Waals surface area contributed by atoms with Crippen LogP contribution in [0.15, 0.2) is 48.5 Å². The third-order valence-electron chi connectivity index (χ3n) is 4.22. The molecule has 0 fully saturated rings. The summed E-state index contributed by atoms with van der Waals surface area (Å²) < 4.78 is 1.56. The third-order valence-corrected chi connectivity index (χ3v) is 4.22. The van der Waals surface area contributed by atoms with Crippen molar-refractivity contribution in [3.63, 3.8) is 0 Å². The Morgan fingerprint density at radius 3 is 2.59 bits per heavy atom. The van der Waals surface area contributed by atoms with E-state index in [1.807, 2.05) is 67.5 Å². The smallest absolute Gasteiger partial charge is 0.245 e. The van der Waals surface area contributed by atoms with Gasteiger partial charge in [0.05, 0.1) is 12.2 Å². The zero-order valence-electron chi connectivity index (χ0n) is 15.7. The van der Waals surface area contributed by atoms with Gasteiger partial charge in [0.1, 0.15) is 17.7 Å². The van der Waals surface area contributed by atoms with Crippen LogP contribution < -0.4 is 10.2 Å². The fraction of sp³-hybridized carbons (Fsp3) is 0.316. The van der Waals surface area contributed by atoms with Crippen LogP contribution in [-0.4, -0.2) is 45.2 Å². The SMILES string of the molecule is Cc1nnnn1C(Cc1ccccc1)C(=O)NCc1cccc(N(C)C)n1. The Bertz CT molecular complexity index is 892. The average Bonchev–Trinajstić information content (AvgIpc) is 3.11. The summed E-state index contributed by atoms with van der Waals surface area (Å²) in [4.78, 5) is 19.4. The molecule has 1 unspecified atom stereocenters. The zero-order valence-corrected chi connectivity index (χ0v) is 15.7. The van der Waals surface area contributed by atoms with Gasteiger partial charge in [-0.25, -0.2) is 9.67 Å². The number of benzene rings is 1. The van der Waals surface area contributed by atoms with E-state index in [2.05, 4.69) is 25.8 Å². The average molecular weight is 365 g/mol. The van der Waals surface area contributed by atoms with Gasteiger partial charge in [-0.3, -0.25) is 4.79 Å². The summed E-state index contributed by atoms with van der Waals surface area (Å²) >= 11 is 0. The number of pyridine rings is 1. The minimum atomic E-state index is -0.528. The van der Waals surface area contributed by atoms with E-state index in [-0.39, 0.29) is 5.91 Å². The minimum Gasteiger partial charge on any atom is -0.363 e. The molecule has 0 radical (unpaired) electrons. The number of aryl methyl sites for hydroxylation is 1. The molecule has 1 aromatic carbocycles. The van der Waals surface area contributed by atoms with Crippen LogP contribution in [0.1, 0.15) is 23.1 Å². The number of amides is 1. The summed E-state index contributed by atoms with van der Waals surface area (Å²) in [5, 5.41) is 14.6. The van der Waals surface area contributed by atoms with Gasteiger partial charge in [-0.15, -0.1) is 5.10 Å². The van der Waals surface area contributed by atoms with Crippen molar-refractivity contribution in [3.05, 3.63) is 65.6 Å². The fourth-order valence-corrected chi connectivity index (χ4v) is 2.76. The molecule has 140 valence electrons. The lowest BCUT2D eigenvalue weighted by atomic mass is 10.1. The van der Waals surface area contributed by atoms with E-state index in [0.29, 0.717) is 18.8 Å². The van der Waals surface area contributed by atoms with Crippen LogP contribution in [0.25, 0.3) is 0 Å². The van der Waals surface area contributed by atoms with Crippen molar-refractivity contribution in [1.82, 2.24) is 30.5 Å². The summed E-state index contributed by atoms with van der Waals surface area (Å²) in [6, 6.07) is 15.0. The van der Waals surface area contributed by atoms with Crippen molar-refractivity contribution in [1.29, 1.82) is 0 Å². The molecule has 1 N–H and O–H groups in total. The second kappa shape index (κ2) is 8.39. The second-order valence-corrected chi connectivity index (χ2v) is 6.48. The predicted molar refractivity (Wildman–Crippen MR) is 102 cm³/mol. The monoisotopic (exact) mass is 365 g/mol. The van der Waals surface area contributed by atoms with Gasteiger partial charge in [-0.1, -0.05) is 36.4 Å². The molecule has 0 aliphatic rings. The molecule has 0 spiro atoms. The van der Waals surface area contributed by atoms with Gasteiger partial charge in [0.2, 0.25) is 5.91 Å². The number of aromatic nitrogens is 5. The van der Waals surface area contributed by atoms with E-state index in [0.717, 1.165) is 17.1 Å². The van der Waals surface area contributed by atoms with Crippen molar-refractivity contribution in [2.75, 3.05) is 19.0 Å². The van der Waals surface area contributed by atoms with Gasteiger partial charge in [-0.05, 0) is 35.0 Å². The number of hydrogen-bond acceptors (Lipinski definition) is 6. The van der Waals surface area contributed by atoms with Crippen LogP contribution >= 0.6 is 0 Å². The molecule has 0 saturated carbocycles. The molecule has 0 aliphatic heterocycles. The number of tetrazole rings is 1. The molecule has 8 nitrogen and oxygen atoms in total. The molecule has 0 saturated heterocycles. The van der Waals surface area contributed by atoms with Crippen LogP contribution in [0.2, 0.25) is 0 Å². The molecule has 3 rings (SSSR count). The first-order chi connectivity index (χ1) is 13.0. The van der Waals surface area contributed by atoms with E-state index >= 15 is 0 Å². The van der Waals surface area contributed by atoms with Crippen LogP contribution in [0.5, 0.6) is 0 Å². The predicted octanol–water partition coefficient (Wildman–Crippen LogP) is 1.54. The van der Waals surface area contributed by atoms with E-state index in [1.165, 1.54) is 0 Å². The van der Waals surface area contributed by atoms with E-state index in [4.69, 9.17) is 0 Å². The van der Waals surface area contributed by atoms with Crippen LogP contribution in [-0.2, 0) is 17.8 Å². The Morgan fingerprint density at radius 1 is 1.15 bits per heavy atom. The molecule has 8 heteroatoms. The molecule has 27 heavy (non-hydrogen) atoms. The van der Waals surface area contributed by atoms with Crippen molar-refractivity contribution in [2.45, 2.75) is 25.9 Å². The highest BCUT2D eigenvalue weighted by atomic mass is 16.2. The Balaban J connectivity index is 1.75. The number of nitrogens with zero attached hydrogens (tertiary/aromatic N) is 6. The number of nitrogens with one attached hydrogen (secondary N) is 1. The maximum atomic E-state index is 12.9. The van der Waals surface area contributed by atoms with Gasteiger partial charge in [-0.2, -0.15) is 0 Å². The summed E-state index contributed by atoms with van der Waals surface area (Å²) in [6.07, 6.45) is 0.504. The number of hydrogen-bond donors (Lipinski definition) is 1. The maximum absolute atomic E-state index is 12.9. The first kappa shape index (κ1) is 18.5. The van der Waals surface area contributed by atoms with Gasteiger partial charge < -0.3 is 10.2 Å². The highest BCUT2D eigenvalue weighted by Crippen LogP contribution is 2.15. The van der Waals surface area contributed by atoms with Crippen molar-refractivity contribution < 1.29 is 4.79 Å². The van der Waals surface area contributed by atoms with Crippen LogP contribution in [0.3, 0.4) is 0 Å². The van der Waals surface area contributed by atoms with Crippen molar-refractivity contribution in [2.24, 2.45) is 0 Å². The molecule has 2 aromatic heterocycles. The normalized spacial score (nSPS) is 11.8. The van der Waals surface area contributed by atoms with E-state index in [1.54, 1.807) is 11.6 Å². The number of rotatable bonds is 7. The largest absolute Gasteiger partial charge is 0.363 e. The van der Waals surface area contributed by atoms with Crippen molar-refractivity contribution >= 4 is 11.7 Å². The molecule has 1 atom stereocenters. The van der Waals surface area contributed by atoms with Crippen LogP contribution in [0, 0.1) is 6.92 Å². The van der Waals surface area contributed by atoms with E-state index < -0.39 is 6.04 Å². The maximum Gasteiger partial charge on any atom is 0.245 e. The lowest BCUT2D eigenvalue weighted by molar-refractivity contribution is -0.124. The summed E-state index contributed by atoms with van der Waals surface area (Å²) in [5.41, 5.74) is 1.83. The standard InChI is InChI=1S/C19H23N7O/c1-14-22-23-24-26(14)17(12-15-8-5-4-6-9-15)19(27)20-13-16-10-7-11-18(21-16)25(2)3/h4-11,17H,12-13H2,1-3H3,(H,20,27). The van der Waals surface area contributed by atoms with Gasteiger partial charge in [0, 0.05) is 20.5 Å². The van der Waals surface area contributed by atoms with Crippen LogP contribution in [0.4, 0.5) is 5.82 Å². The Hall–Kier alpha value is -3.29. The quantitative estimate of drug-likeness (QED) is 0.683. The molecule has 0 bridgehead atoms. The molecule has 0 aliphatic carbocycles. The lowest BCUT2D eigenvalue weighted by Gasteiger charge is -2.18. The summed E-state index contributed by atoms with van der Waals surface area (Å²) in [5.74, 6) is 1.30. The molecular weight excluding hydrogens is 342 g/mol. The summed E-state index contributed by atoms with van der Waals surface area (Å²) in [6.45, 7) is 2.13. The molecule has 1 amide bonds. The molecule has 3 aromatic rings. The second-order valence-electron chi connectivity index (χ2n) is 6.48. The van der Waals surface area contributed by atoms with Gasteiger partial charge in [0.25, 0.3) is 0 Å².